The fourth-order valence-corrected chi connectivity index (χ4v) is 4.03. The molecule has 2 aromatic carbocycles. The van der Waals surface area contributed by atoms with E-state index < -0.39 is 0 Å². The highest BCUT2D eigenvalue weighted by Crippen LogP contribution is 2.32. The van der Waals surface area contributed by atoms with Gasteiger partial charge in [0.1, 0.15) is 12.4 Å². The number of carbonyl (C=O) groups excluding carboxylic acids is 1. The van der Waals surface area contributed by atoms with Crippen LogP contribution in [-0.2, 0) is 20.1 Å². The van der Waals surface area contributed by atoms with Crippen LogP contribution in [0.4, 0.5) is 0 Å². The molecule has 0 spiro atoms. The zero-order chi connectivity index (χ0) is 21.8. The van der Waals surface area contributed by atoms with Crippen LogP contribution in [-0.4, -0.2) is 17.6 Å². The third-order valence-electron chi connectivity index (χ3n) is 5.65. The molecule has 0 bridgehead atoms. The molecule has 0 saturated heterocycles. The molecule has 1 N–H and O–H groups in total. The summed E-state index contributed by atoms with van der Waals surface area (Å²) in [7, 11) is 3.39. The molecule has 1 heterocycles. The SMILES string of the molecule is COc1ccc2c(c1)CCCC2NC(=O)c1c(OCc2ccccc2)c(=O)ccn1C. The average Bonchev–Trinajstić information content (AvgIpc) is 2.79. The lowest BCUT2D eigenvalue weighted by molar-refractivity contribution is 0.0917. The maximum absolute atomic E-state index is 13.3. The molecule has 0 radical (unpaired) electrons. The highest BCUT2D eigenvalue weighted by molar-refractivity contribution is 5.95. The number of benzene rings is 2. The van der Waals surface area contributed by atoms with Crippen LogP contribution >= 0.6 is 0 Å². The van der Waals surface area contributed by atoms with Gasteiger partial charge in [-0.3, -0.25) is 9.59 Å². The molecule has 1 aromatic heterocycles. The number of aryl methyl sites for hydroxylation is 2. The summed E-state index contributed by atoms with van der Waals surface area (Å²) in [5.74, 6) is 0.557. The van der Waals surface area contributed by atoms with Crippen LogP contribution in [0.15, 0.2) is 65.6 Å². The molecule has 0 saturated carbocycles. The van der Waals surface area contributed by atoms with Gasteiger partial charge in [0.25, 0.3) is 5.91 Å². The summed E-state index contributed by atoms with van der Waals surface area (Å²) < 4.78 is 12.8. The molecule has 1 aliphatic rings. The van der Waals surface area contributed by atoms with E-state index in [0.717, 1.165) is 36.1 Å². The van der Waals surface area contributed by atoms with E-state index >= 15 is 0 Å². The summed E-state index contributed by atoms with van der Waals surface area (Å²) in [6, 6.07) is 16.8. The third-order valence-corrected chi connectivity index (χ3v) is 5.65. The predicted molar refractivity (Wildman–Crippen MR) is 119 cm³/mol. The number of ether oxygens (including phenoxy) is 2. The number of pyridine rings is 1. The third kappa shape index (κ3) is 4.48. The molecular formula is C25H26N2O4. The Balaban J connectivity index is 1.59. The van der Waals surface area contributed by atoms with E-state index in [0.29, 0.717) is 0 Å². The number of hydrogen-bond acceptors (Lipinski definition) is 4. The number of rotatable bonds is 6. The van der Waals surface area contributed by atoms with Crippen molar-refractivity contribution in [1.82, 2.24) is 9.88 Å². The normalized spacial score (nSPS) is 15.1. The Labute approximate surface area is 181 Å². The largest absolute Gasteiger partial charge is 0.497 e. The van der Waals surface area contributed by atoms with E-state index in [9.17, 15) is 9.59 Å². The van der Waals surface area contributed by atoms with E-state index in [-0.39, 0.29) is 35.4 Å². The molecule has 3 aromatic rings. The Kier molecular flexibility index (Phi) is 6.07. The fourth-order valence-electron chi connectivity index (χ4n) is 4.03. The van der Waals surface area contributed by atoms with Crippen molar-refractivity contribution in [3.05, 3.63) is 93.4 Å². The van der Waals surface area contributed by atoms with Crippen molar-refractivity contribution in [3.8, 4) is 11.5 Å². The van der Waals surface area contributed by atoms with Crippen LogP contribution in [0.2, 0.25) is 0 Å². The quantitative estimate of drug-likeness (QED) is 0.661. The summed E-state index contributed by atoms with van der Waals surface area (Å²) in [4.78, 5) is 25.8. The summed E-state index contributed by atoms with van der Waals surface area (Å²) in [6.45, 7) is 0.215. The molecule has 1 unspecified atom stereocenters. The second-order valence-electron chi connectivity index (χ2n) is 7.73. The molecule has 6 nitrogen and oxygen atoms in total. The van der Waals surface area contributed by atoms with Crippen LogP contribution in [0.3, 0.4) is 0 Å². The van der Waals surface area contributed by atoms with Gasteiger partial charge >= 0.3 is 0 Å². The molecule has 0 fully saturated rings. The zero-order valence-electron chi connectivity index (χ0n) is 17.8. The van der Waals surface area contributed by atoms with E-state index in [2.05, 4.69) is 5.32 Å². The molecule has 31 heavy (non-hydrogen) atoms. The van der Waals surface area contributed by atoms with Gasteiger partial charge in [0.05, 0.1) is 13.2 Å². The minimum absolute atomic E-state index is 0.0668. The first-order valence-electron chi connectivity index (χ1n) is 10.4. The van der Waals surface area contributed by atoms with Crippen LogP contribution in [0, 0.1) is 0 Å². The van der Waals surface area contributed by atoms with Gasteiger partial charge in [-0.05, 0) is 48.1 Å². The molecule has 4 rings (SSSR count). The zero-order valence-corrected chi connectivity index (χ0v) is 17.8. The average molecular weight is 418 g/mol. The number of hydrogen-bond donors (Lipinski definition) is 1. The van der Waals surface area contributed by atoms with E-state index in [1.165, 1.54) is 11.6 Å². The van der Waals surface area contributed by atoms with Gasteiger partial charge in [-0.25, -0.2) is 0 Å². The van der Waals surface area contributed by atoms with Crippen LogP contribution in [0.5, 0.6) is 11.5 Å². The van der Waals surface area contributed by atoms with Gasteiger partial charge in [-0.2, -0.15) is 0 Å². The van der Waals surface area contributed by atoms with Gasteiger partial charge < -0.3 is 19.4 Å². The predicted octanol–water partition coefficient (Wildman–Crippen LogP) is 3.78. The molecule has 6 heteroatoms. The summed E-state index contributed by atoms with van der Waals surface area (Å²) >= 11 is 0. The smallest absolute Gasteiger partial charge is 0.272 e. The van der Waals surface area contributed by atoms with Crippen LogP contribution < -0.4 is 20.2 Å². The molecule has 0 aliphatic heterocycles. The fraction of sp³-hybridized carbons (Fsp3) is 0.280. The Morgan fingerprint density at radius 3 is 2.74 bits per heavy atom. The minimum atomic E-state index is -0.322. The number of methoxy groups -OCH3 is 1. The van der Waals surface area contributed by atoms with Gasteiger partial charge in [0, 0.05) is 19.3 Å². The van der Waals surface area contributed by atoms with Crippen molar-refractivity contribution in [3.63, 3.8) is 0 Å². The highest BCUT2D eigenvalue weighted by atomic mass is 16.5. The van der Waals surface area contributed by atoms with Gasteiger partial charge in [-0.1, -0.05) is 36.4 Å². The van der Waals surface area contributed by atoms with Crippen molar-refractivity contribution in [1.29, 1.82) is 0 Å². The monoisotopic (exact) mass is 418 g/mol. The molecule has 160 valence electrons. The first-order chi connectivity index (χ1) is 15.1. The maximum atomic E-state index is 13.3. The van der Waals surface area contributed by atoms with Gasteiger partial charge in [0.2, 0.25) is 5.43 Å². The van der Waals surface area contributed by atoms with Gasteiger partial charge in [0.15, 0.2) is 11.4 Å². The van der Waals surface area contributed by atoms with Crippen molar-refractivity contribution >= 4 is 5.91 Å². The summed E-state index contributed by atoms with van der Waals surface area (Å²) in [6.07, 6.45) is 4.35. The van der Waals surface area contributed by atoms with Crippen molar-refractivity contribution in [2.45, 2.75) is 31.9 Å². The lowest BCUT2D eigenvalue weighted by atomic mass is 9.87. The number of amides is 1. The van der Waals surface area contributed by atoms with E-state index in [1.54, 1.807) is 24.9 Å². The lowest BCUT2D eigenvalue weighted by Gasteiger charge is -2.27. The topological polar surface area (TPSA) is 69.6 Å². The van der Waals surface area contributed by atoms with Crippen LogP contribution in [0.1, 0.15) is 46.1 Å². The van der Waals surface area contributed by atoms with E-state index in [4.69, 9.17) is 9.47 Å². The van der Waals surface area contributed by atoms with E-state index in [1.807, 2.05) is 48.5 Å². The molecule has 1 aliphatic carbocycles. The number of nitrogens with one attached hydrogen (secondary N) is 1. The molecular weight excluding hydrogens is 392 g/mol. The summed E-state index contributed by atoms with van der Waals surface area (Å²) in [5.41, 5.74) is 3.11. The van der Waals surface area contributed by atoms with Gasteiger partial charge in [-0.15, -0.1) is 0 Å². The van der Waals surface area contributed by atoms with Crippen molar-refractivity contribution in [2.24, 2.45) is 7.05 Å². The first kappa shape index (κ1) is 20.7. The molecule has 1 amide bonds. The minimum Gasteiger partial charge on any atom is -0.497 e. The number of nitrogens with zero attached hydrogens (tertiary/aromatic N) is 1. The first-order valence-corrected chi connectivity index (χ1v) is 10.4. The number of fused-ring (bicyclic) bond motifs is 1. The maximum Gasteiger partial charge on any atom is 0.272 e. The molecule has 1 atom stereocenters. The Hall–Kier alpha value is -3.54. The Morgan fingerprint density at radius 1 is 1.16 bits per heavy atom. The highest BCUT2D eigenvalue weighted by Gasteiger charge is 2.26. The number of carbonyl (C=O) groups is 1. The van der Waals surface area contributed by atoms with Crippen LogP contribution in [0.25, 0.3) is 0 Å². The van der Waals surface area contributed by atoms with Crippen molar-refractivity contribution < 1.29 is 14.3 Å². The second kappa shape index (κ2) is 9.08. The lowest BCUT2D eigenvalue weighted by Crippen LogP contribution is -2.34. The number of aromatic nitrogens is 1. The van der Waals surface area contributed by atoms with Crippen molar-refractivity contribution in [2.75, 3.05) is 7.11 Å². The second-order valence-corrected chi connectivity index (χ2v) is 7.73. The standard InChI is InChI=1S/C25H26N2O4/c1-27-14-13-22(28)24(31-16-17-7-4-3-5-8-17)23(27)25(29)26-21-10-6-9-18-15-19(30-2)11-12-20(18)21/h3-5,7-8,11-15,21H,6,9-10,16H2,1-2H3,(H,26,29). The Morgan fingerprint density at radius 2 is 1.97 bits per heavy atom. The summed E-state index contributed by atoms with van der Waals surface area (Å²) in [5, 5.41) is 3.12. The Bertz CT molecular complexity index is 1140.